The Balaban J connectivity index is 0.00000405. The van der Waals surface area contributed by atoms with Crippen molar-refractivity contribution in [2.24, 2.45) is 5.92 Å². The van der Waals surface area contributed by atoms with Gasteiger partial charge in [0.2, 0.25) is 0 Å². The van der Waals surface area contributed by atoms with Gasteiger partial charge < -0.3 is 24.0 Å². The number of carbonyl (C=O) groups is 2. The summed E-state index contributed by atoms with van der Waals surface area (Å²) in [6, 6.07) is 17.0. The Kier molecular flexibility index (Phi) is 9.88. The average molecular weight is 602 g/mol. The van der Waals surface area contributed by atoms with E-state index in [0.717, 1.165) is 29.7 Å². The van der Waals surface area contributed by atoms with E-state index in [2.05, 4.69) is 9.72 Å². The second kappa shape index (κ2) is 13.4. The Labute approximate surface area is 250 Å². The van der Waals surface area contributed by atoms with Gasteiger partial charge in [0, 0.05) is 25.2 Å². The first kappa shape index (κ1) is 31.0. The highest BCUT2D eigenvalue weighted by atomic mass is 35.5. The van der Waals surface area contributed by atoms with E-state index in [1.54, 1.807) is 37.4 Å². The SMILES string of the molecule is COC(=O)C1CC(c2ccc(OC(F)F)c(OCC3CC3)c2)CN1c1cccc(C(=O)N(C)c2ccc(C)cc2)n1.Cl. The van der Waals surface area contributed by atoms with Gasteiger partial charge in [-0.15, -0.1) is 12.4 Å². The molecule has 42 heavy (non-hydrogen) atoms. The number of alkyl halides is 2. The summed E-state index contributed by atoms with van der Waals surface area (Å²) in [7, 11) is 3.02. The van der Waals surface area contributed by atoms with E-state index < -0.39 is 18.6 Å². The highest BCUT2D eigenvalue weighted by molar-refractivity contribution is 6.04. The molecule has 1 amide bonds. The maximum atomic E-state index is 13.3. The number of anilines is 2. The van der Waals surface area contributed by atoms with E-state index in [4.69, 9.17) is 9.47 Å². The topological polar surface area (TPSA) is 81.2 Å². The number of methoxy groups -OCH3 is 1. The molecule has 1 saturated carbocycles. The highest BCUT2D eigenvalue weighted by Gasteiger charge is 2.39. The first-order chi connectivity index (χ1) is 19.7. The Morgan fingerprint density at radius 1 is 1.07 bits per heavy atom. The molecule has 2 aromatic carbocycles. The molecule has 1 aromatic heterocycles. The van der Waals surface area contributed by atoms with Crippen molar-refractivity contribution >= 4 is 35.8 Å². The standard InChI is InChI=1S/C31H33F2N3O5.ClH/c1-19-7-12-23(13-8-19)35(2)29(37)24-5-4-6-28(34-24)36-17-22(15-25(36)30(38)39-3)21-11-14-26(41-31(32)33)27(16-21)40-18-20-9-10-20;/h4-8,11-14,16,20,22,25,31H,9-10,15,17-18H2,1-3H3;1H. The van der Waals surface area contributed by atoms with Gasteiger partial charge in [-0.3, -0.25) is 4.79 Å². The van der Waals surface area contributed by atoms with Gasteiger partial charge in [-0.1, -0.05) is 29.8 Å². The second-order valence-electron chi connectivity index (χ2n) is 10.5. The van der Waals surface area contributed by atoms with E-state index in [1.165, 1.54) is 18.1 Å². The van der Waals surface area contributed by atoms with Gasteiger partial charge in [-0.2, -0.15) is 8.78 Å². The third-order valence-electron chi connectivity index (χ3n) is 7.57. The van der Waals surface area contributed by atoms with Gasteiger partial charge in [0.25, 0.3) is 5.91 Å². The van der Waals surface area contributed by atoms with Gasteiger partial charge in [-0.05, 0) is 74.1 Å². The average Bonchev–Trinajstić information content (AvgIpc) is 3.71. The van der Waals surface area contributed by atoms with E-state index in [-0.39, 0.29) is 41.4 Å². The fraction of sp³-hybridized carbons (Fsp3) is 0.387. The van der Waals surface area contributed by atoms with Crippen molar-refractivity contribution < 1.29 is 32.6 Å². The molecule has 2 fully saturated rings. The lowest BCUT2D eigenvalue weighted by Crippen LogP contribution is -2.37. The molecular formula is C31H34ClF2N3O5. The number of esters is 1. The fourth-order valence-electron chi connectivity index (χ4n) is 5.03. The number of hydrogen-bond donors (Lipinski definition) is 0. The normalized spacial score (nSPS) is 17.9. The first-order valence-electron chi connectivity index (χ1n) is 13.6. The van der Waals surface area contributed by atoms with Crippen LogP contribution in [-0.4, -0.2) is 56.8 Å². The van der Waals surface area contributed by atoms with Crippen LogP contribution in [0.5, 0.6) is 11.5 Å². The van der Waals surface area contributed by atoms with E-state index >= 15 is 0 Å². The number of benzene rings is 2. The molecular weight excluding hydrogens is 568 g/mol. The zero-order valence-corrected chi connectivity index (χ0v) is 24.5. The van der Waals surface area contributed by atoms with Crippen LogP contribution in [0.4, 0.5) is 20.3 Å². The molecule has 1 aliphatic carbocycles. The van der Waals surface area contributed by atoms with Crippen LogP contribution in [0.3, 0.4) is 0 Å². The number of amides is 1. The summed E-state index contributed by atoms with van der Waals surface area (Å²) in [5.74, 6) is 0.268. The number of nitrogens with zero attached hydrogens (tertiary/aromatic N) is 3. The fourth-order valence-corrected chi connectivity index (χ4v) is 5.03. The molecule has 5 rings (SSSR count). The summed E-state index contributed by atoms with van der Waals surface area (Å²) in [6.07, 6.45) is 2.52. The molecule has 8 nitrogen and oxygen atoms in total. The Bertz CT molecular complexity index is 1400. The lowest BCUT2D eigenvalue weighted by Gasteiger charge is -2.24. The molecule has 1 aliphatic heterocycles. The maximum absolute atomic E-state index is 13.3. The minimum atomic E-state index is -2.97. The lowest BCUT2D eigenvalue weighted by atomic mass is 9.96. The van der Waals surface area contributed by atoms with Crippen molar-refractivity contribution in [1.82, 2.24) is 4.98 Å². The molecule has 1 saturated heterocycles. The second-order valence-corrected chi connectivity index (χ2v) is 10.5. The molecule has 3 aromatic rings. The molecule has 0 spiro atoms. The van der Waals surface area contributed by atoms with Gasteiger partial charge in [0.05, 0.1) is 13.7 Å². The highest BCUT2D eigenvalue weighted by Crippen LogP contribution is 2.40. The van der Waals surface area contributed by atoms with Crippen molar-refractivity contribution in [3.05, 3.63) is 77.5 Å². The monoisotopic (exact) mass is 601 g/mol. The smallest absolute Gasteiger partial charge is 0.387 e. The van der Waals surface area contributed by atoms with Crippen molar-refractivity contribution in [3.8, 4) is 11.5 Å². The van der Waals surface area contributed by atoms with Crippen molar-refractivity contribution in [2.75, 3.05) is 37.1 Å². The zero-order chi connectivity index (χ0) is 29.1. The summed E-state index contributed by atoms with van der Waals surface area (Å²) >= 11 is 0. The molecule has 2 unspecified atom stereocenters. The minimum absolute atomic E-state index is 0. The summed E-state index contributed by atoms with van der Waals surface area (Å²) in [5.41, 5.74) is 2.88. The van der Waals surface area contributed by atoms with Gasteiger partial charge in [0.15, 0.2) is 11.5 Å². The number of ether oxygens (including phenoxy) is 3. The zero-order valence-electron chi connectivity index (χ0n) is 23.7. The molecule has 2 heterocycles. The molecule has 0 N–H and O–H groups in total. The number of pyridine rings is 1. The summed E-state index contributed by atoms with van der Waals surface area (Å²) in [4.78, 5) is 34.1. The first-order valence-corrected chi connectivity index (χ1v) is 13.6. The Hall–Kier alpha value is -3.92. The van der Waals surface area contributed by atoms with Gasteiger partial charge in [-0.25, -0.2) is 9.78 Å². The Morgan fingerprint density at radius 3 is 2.48 bits per heavy atom. The van der Waals surface area contributed by atoms with Crippen LogP contribution in [0.15, 0.2) is 60.7 Å². The summed E-state index contributed by atoms with van der Waals surface area (Å²) in [5, 5.41) is 0. The largest absolute Gasteiger partial charge is 0.489 e. The number of aryl methyl sites for hydroxylation is 1. The molecule has 11 heteroatoms. The van der Waals surface area contributed by atoms with Crippen LogP contribution in [0.1, 0.15) is 46.8 Å². The van der Waals surface area contributed by atoms with E-state index in [0.29, 0.717) is 31.3 Å². The molecule has 2 aliphatic rings. The number of hydrogen-bond acceptors (Lipinski definition) is 7. The van der Waals surface area contributed by atoms with Crippen molar-refractivity contribution in [3.63, 3.8) is 0 Å². The van der Waals surface area contributed by atoms with Crippen LogP contribution >= 0.6 is 12.4 Å². The van der Waals surface area contributed by atoms with Crippen molar-refractivity contribution in [1.29, 1.82) is 0 Å². The molecule has 0 radical (unpaired) electrons. The number of aromatic nitrogens is 1. The summed E-state index contributed by atoms with van der Waals surface area (Å²) < 4.78 is 41.7. The number of rotatable bonds is 10. The van der Waals surface area contributed by atoms with Crippen LogP contribution in [0.2, 0.25) is 0 Å². The third-order valence-corrected chi connectivity index (χ3v) is 7.57. The molecule has 2 atom stereocenters. The number of halogens is 3. The maximum Gasteiger partial charge on any atom is 0.387 e. The van der Waals surface area contributed by atoms with E-state index in [1.807, 2.05) is 36.1 Å². The summed E-state index contributed by atoms with van der Waals surface area (Å²) in [6.45, 7) is -0.159. The van der Waals surface area contributed by atoms with Crippen LogP contribution in [0.25, 0.3) is 0 Å². The van der Waals surface area contributed by atoms with Crippen molar-refractivity contribution in [2.45, 2.75) is 44.8 Å². The predicted octanol–water partition coefficient (Wildman–Crippen LogP) is 6.01. The lowest BCUT2D eigenvalue weighted by molar-refractivity contribution is -0.142. The predicted molar refractivity (Wildman–Crippen MR) is 157 cm³/mol. The quantitative estimate of drug-likeness (QED) is 0.263. The van der Waals surface area contributed by atoms with Crippen LogP contribution in [-0.2, 0) is 9.53 Å². The molecule has 0 bridgehead atoms. The van der Waals surface area contributed by atoms with Gasteiger partial charge >= 0.3 is 12.6 Å². The third kappa shape index (κ3) is 7.10. The van der Waals surface area contributed by atoms with Crippen LogP contribution < -0.4 is 19.3 Å². The van der Waals surface area contributed by atoms with E-state index in [9.17, 15) is 18.4 Å². The van der Waals surface area contributed by atoms with Gasteiger partial charge in [0.1, 0.15) is 17.6 Å². The molecule has 224 valence electrons. The van der Waals surface area contributed by atoms with Crippen LogP contribution in [0, 0.1) is 12.8 Å². The minimum Gasteiger partial charge on any atom is -0.489 e. The Morgan fingerprint density at radius 2 is 1.81 bits per heavy atom. The number of carbonyl (C=O) groups excluding carboxylic acids is 2.